The Balaban J connectivity index is 3.20. The zero-order chi connectivity index (χ0) is 12.1. The second-order valence-electron chi connectivity index (χ2n) is 2.83. The third-order valence-electron chi connectivity index (χ3n) is 1.76. The normalized spacial score (nSPS) is 9.81. The van der Waals surface area contributed by atoms with Crippen LogP contribution in [0.3, 0.4) is 0 Å². The van der Waals surface area contributed by atoms with Crippen LogP contribution in [0.1, 0.15) is 10.4 Å². The van der Waals surface area contributed by atoms with Gasteiger partial charge in [-0.3, -0.25) is 14.9 Å². The van der Waals surface area contributed by atoms with Crippen molar-refractivity contribution in [2.45, 2.75) is 0 Å². The van der Waals surface area contributed by atoms with Gasteiger partial charge in [0, 0.05) is 11.6 Å². The summed E-state index contributed by atoms with van der Waals surface area (Å²) >= 11 is 0. The lowest BCUT2D eigenvalue weighted by molar-refractivity contribution is -0.386. The maximum atomic E-state index is 10.5. The van der Waals surface area contributed by atoms with E-state index >= 15 is 0 Å². The van der Waals surface area contributed by atoms with Crippen LogP contribution in [-0.4, -0.2) is 34.6 Å². The number of aldehydes is 1. The molecule has 16 heavy (non-hydrogen) atoms. The van der Waals surface area contributed by atoms with Gasteiger partial charge in [-0.2, -0.15) is 0 Å². The minimum Gasteiger partial charge on any atom is -0.500 e. The smallest absolute Gasteiger partial charge is 0.315 e. The predicted octanol–water partition coefficient (Wildman–Crippen LogP) is 0.484. The number of nitrogens with zero attached hydrogens (tertiary/aromatic N) is 1. The van der Waals surface area contributed by atoms with Crippen molar-refractivity contribution >= 4 is 12.0 Å². The number of hydrogen-bond donors (Lipinski definition) is 2. The third kappa shape index (κ3) is 2.45. The zero-order valence-electron chi connectivity index (χ0n) is 8.12. The first-order valence-corrected chi connectivity index (χ1v) is 4.30. The van der Waals surface area contributed by atoms with E-state index in [9.17, 15) is 20.0 Å². The second-order valence-corrected chi connectivity index (χ2v) is 2.83. The second kappa shape index (κ2) is 5.08. The summed E-state index contributed by atoms with van der Waals surface area (Å²) in [7, 11) is 0. The van der Waals surface area contributed by atoms with Crippen LogP contribution >= 0.6 is 0 Å². The first-order chi connectivity index (χ1) is 7.60. The fourth-order valence-electron chi connectivity index (χ4n) is 1.09. The van der Waals surface area contributed by atoms with Gasteiger partial charge in [0.15, 0.2) is 5.75 Å². The van der Waals surface area contributed by atoms with Gasteiger partial charge in [-0.05, 0) is 6.07 Å². The molecule has 1 rings (SSSR count). The van der Waals surface area contributed by atoms with Crippen LogP contribution in [-0.2, 0) is 0 Å². The number of benzene rings is 1. The van der Waals surface area contributed by atoms with Crippen molar-refractivity contribution in [3.8, 4) is 11.5 Å². The van der Waals surface area contributed by atoms with Gasteiger partial charge in [-0.15, -0.1) is 0 Å². The molecule has 0 heterocycles. The van der Waals surface area contributed by atoms with Crippen LogP contribution in [0.5, 0.6) is 11.5 Å². The molecule has 2 N–H and O–H groups in total. The van der Waals surface area contributed by atoms with E-state index in [4.69, 9.17) is 9.84 Å². The summed E-state index contributed by atoms with van der Waals surface area (Å²) in [5, 5.41) is 28.5. The van der Waals surface area contributed by atoms with E-state index in [1.165, 1.54) is 0 Å². The van der Waals surface area contributed by atoms with Gasteiger partial charge in [0.2, 0.25) is 5.75 Å². The Morgan fingerprint density at radius 1 is 1.50 bits per heavy atom. The molecule has 0 spiro atoms. The molecular formula is C9H9NO6. The molecule has 1 aromatic carbocycles. The van der Waals surface area contributed by atoms with Crippen molar-refractivity contribution < 1.29 is 24.7 Å². The predicted molar refractivity (Wildman–Crippen MR) is 52.7 cm³/mol. The number of rotatable bonds is 5. The molecule has 86 valence electrons. The van der Waals surface area contributed by atoms with Crippen LogP contribution in [0, 0.1) is 10.1 Å². The molecule has 0 bridgehead atoms. The Kier molecular flexibility index (Phi) is 3.78. The molecule has 0 aliphatic rings. The Hall–Kier alpha value is -2.15. The van der Waals surface area contributed by atoms with Gasteiger partial charge in [0.1, 0.15) is 12.9 Å². The summed E-state index contributed by atoms with van der Waals surface area (Å²) in [6.07, 6.45) is 0.401. The largest absolute Gasteiger partial charge is 0.500 e. The van der Waals surface area contributed by atoms with Gasteiger partial charge in [0.25, 0.3) is 0 Å². The standard InChI is InChI=1S/C9H9NO6/c11-1-2-16-8-4-6(5-12)3-7(9(8)13)10(14)15/h3-5,11,13H,1-2H2. The molecule has 0 unspecified atom stereocenters. The van der Waals surface area contributed by atoms with E-state index in [1.807, 2.05) is 0 Å². The average Bonchev–Trinajstić information content (AvgIpc) is 2.27. The molecular weight excluding hydrogens is 218 g/mol. The van der Waals surface area contributed by atoms with E-state index in [2.05, 4.69) is 0 Å². The minimum absolute atomic E-state index is 0.0115. The molecule has 1 aromatic rings. The first kappa shape index (κ1) is 11.9. The highest BCUT2D eigenvalue weighted by molar-refractivity contribution is 5.79. The van der Waals surface area contributed by atoms with Gasteiger partial charge in [0.05, 0.1) is 11.5 Å². The van der Waals surface area contributed by atoms with Gasteiger partial charge < -0.3 is 14.9 Å². The molecule has 0 aromatic heterocycles. The monoisotopic (exact) mass is 227 g/mol. The van der Waals surface area contributed by atoms with E-state index in [0.29, 0.717) is 6.29 Å². The number of nitro groups is 1. The number of aliphatic hydroxyl groups is 1. The van der Waals surface area contributed by atoms with Crippen LogP contribution in [0.4, 0.5) is 5.69 Å². The zero-order valence-corrected chi connectivity index (χ0v) is 8.12. The van der Waals surface area contributed by atoms with E-state index < -0.39 is 16.4 Å². The number of nitro benzene ring substituents is 1. The SMILES string of the molecule is O=Cc1cc(OCCO)c(O)c([N+](=O)[O-])c1. The maximum absolute atomic E-state index is 10.5. The summed E-state index contributed by atoms with van der Waals surface area (Å²) in [6.45, 7) is -0.439. The Labute approximate surface area is 90.0 Å². The van der Waals surface area contributed by atoms with Crippen molar-refractivity contribution in [3.63, 3.8) is 0 Å². The van der Waals surface area contributed by atoms with Crippen molar-refractivity contribution in [1.29, 1.82) is 0 Å². The van der Waals surface area contributed by atoms with Crippen LogP contribution in [0.2, 0.25) is 0 Å². The molecule has 0 saturated heterocycles. The quantitative estimate of drug-likeness (QED) is 0.430. The van der Waals surface area contributed by atoms with Crippen molar-refractivity contribution in [2.75, 3.05) is 13.2 Å². The van der Waals surface area contributed by atoms with Gasteiger partial charge in [-0.1, -0.05) is 0 Å². The van der Waals surface area contributed by atoms with Gasteiger partial charge >= 0.3 is 5.69 Å². The summed E-state index contributed by atoms with van der Waals surface area (Å²) in [4.78, 5) is 20.2. The fraction of sp³-hybridized carbons (Fsp3) is 0.222. The van der Waals surface area contributed by atoms with Crippen molar-refractivity contribution in [3.05, 3.63) is 27.8 Å². The molecule has 0 fully saturated rings. The summed E-state index contributed by atoms with van der Waals surface area (Å²) in [5.41, 5.74) is -0.602. The number of phenolic OH excluding ortho intramolecular Hbond substituents is 1. The van der Waals surface area contributed by atoms with Crippen molar-refractivity contribution in [1.82, 2.24) is 0 Å². The lowest BCUT2D eigenvalue weighted by Gasteiger charge is -2.07. The number of ether oxygens (including phenoxy) is 1. The number of carbonyl (C=O) groups is 1. The lowest BCUT2D eigenvalue weighted by atomic mass is 10.2. The van der Waals surface area contributed by atoms with E-state index in [0.717, 1.165) is 12.1 Å². The number of carbonyl (C=O) groups excluding carboxylic acids is 1. The van der Waals surface area contributed by atoms with Crippen LogP contribution < -0.4 is 4.74 Å². The Morgan fingerprint density at radius 3 is 2.69 bits per heavy atom. The third-order valence-corrected chi connectivity index (χ3v) is 1.76. The Morgan fingerprint density at radius 2 is 2.19 bits per heavy atom. The molecule has 0 atom stereocenters. The molecule has 0 amide bonds. The fourth-order valence-corrected chi connectivity index (χ4v) is 1.09. The molecule has 7 heteroatoms. The van der Waals surface area contributed by atoms with E-state index in [-0.39, 0.29) is 24.5 Å². The maximum Gasteiger partial charge on any atom is 0.315 e. The molecule has 0 radical (unpaired) electrons. The Bertz CT molecular complexity index is 417. The number of aromatic hydroxyl groups is 1. The summed E-state index contributed by atoms with van der Waals surface area (Å²) in [5.74, 6) is -0.866. The van der Waals surface area contributed by atoms with Crippen LogP contribution in [0.15, 0.2) is 12.1 Å². The molecule has 0 saturated carbocycles. The molecule has 0 aliphatic heterocycles. The average molecular weight is 227 g/mol. The summed E-state index contributed by atoms with van der Waals surface area (Å²) < 4.78 is 4.86. The first-order valence-electron chi connectivity index (χ1n) is 4.30. The van der Waals surface area contributed by atoms with Gasteiger partial charge in [-0.25, -0.2) is 0 Å². The highest BCUT2D eigenvalue weighted by Gasteiger charge is 2.19. The minimum atomic E-state index is -0.825. The number of phenols is 1. The number of aliphatic hydroxyl groups excluding tert-OH is 1. The van der Waals surface area contributed by atoms with Crippen LogP contribution in [0.25, 0.3) is 0 Å². The van der Waals surface area contributed by atoms with E-state index in [1.54, 1.807) is 0 Å². The molecule has 0 aliphatic carbocycles. The number of hydrogen-bond acceptors (Lipinski definition) is 6. The highest BCUT2D eigenvalue weighted by atomic mass is 16.6. The lowest BCUT2D eigenvalue weighted by Crippen LogP contribution is -2.03. The van der Waals surface area contributed by atoms with Crippen molar-refractivity contribution in [2.24, 2.45) is 0 Å². The topological polar surface area (TPSA) is 110 Å². The summed E-state index contributed by atoms with van der Waals surface area (Å²) in [6, 6.07) is 2.10. The molecule has 7 nitrogen and oxygen atoms in total. The highest BCUT2D eigenvalue weighted by Crippen LogP contribution is 2.36.